The third kappa shape index (κ3) is 5.00. The molecular weight excluding hydrogens is 266 g/mol. The van der Waals surface area contributed by atoms with Crippen LogP contribution in [0.15, 0.2) is 48.5 Å². The fraction of sp³-hybridized carbons (Fsp3) is 0.294. The molecule has 21 heavy (non-hydrogen) atoms. The molecule has 4 heteroatoms. The molecule has 0 radical (unpaired) electrons. The molecule has 0 spiro atoms. The van der Waals surface area contributed by atoms with Crippen LogP contribution in [0.3, 0.4) is 0 Å². The Hall–Kier alpha value is -2.20. The minimum atomic E-state index is 0.575. The van der Waals surface area contributed by atoms with Crippen LogP contribution in [-0.2, 0) is 11.3 Å². The zero-order chi connectivity index (χ0) is 14.9. The number of hydrogen-bond donors (Lipinski definition) is 1. The number of anilines is 1. The van der Waals surface area contributed by atoms with Crippen molar-refractivity contribution in [1.29, 1.82) is 0 Å². The fourth-order valence-corrected chi connectivity index (χ4v) is 1.93. The van der Waals surface area contributed by atoms with E-state index in [9.17, 15) is 0 Å². The van der Waals surface area contributed by atoms with Gasteiger partial charge >= 0.3 is 0 Å². The molecule has 0 saturated carbocycles. The lowest BCUT2D eigenvalue weighted by atomic mass is 10.2. The predicted octanol–water partition coefficient (Wildman–Crippen LogP) is 3.26. The van der Waals surface area contributed by atoms with Gasteiger partial charge in [-0.25, -0.2) is 0 Å². The van der Waals surface area contributed by atoms with Crippen LogP contribution in [0.5, 0.6) is 11.5 Å². The highest BCUT2D eigenvalue weighted by molar-refractivity contribution is 5.51. The summed E-state index contributed by atoms with van der Waals surface area (Å²) in [5, 5.41) is 0. The summed E-state index contributed by atoms with van der Waals surface area (Å²) in [7, 11) is 1.68. The van der Waals surface area contributed by atoms with E-state index in [0.29, 0.717) is 25.5 Å². The number of methoxy groups -OCH3 is 1. The SMILES string of the molecule is COCc1cccc(OCCCOc2ccccc2N)c1. The summed E-state index contributed by atoms with van der Waals surface area (Å²) in [5.74, 6) is 1.57. The van der Waals surface area contributed by atoms with Gasteiger partial charge in [-0.15, -0.1) is 0 Å². The van der Waals surface area contributed by atoms with E-state index in [1.54, 1.807) is 7.11 Å². The highest BCUT2D eigenvalue weighted by atomic mass is 16.5. The van der Waals surface area contributed by atoms with Crippen molar-refractivity contribution in [1.82, 2.24) is 0 Å². The standard InChI is InChI=1S/C17H21NO3/c1-19-13-14-6-4-7-15(12-14)20-10-5-11-21-17-9-3-2-8-16(17)18/h2-4,6-9,12H,5,10-11,13,18H2,1H3. The van der Waals surface area contributed by atoms with Gasteiger partial charge in [-0.05, 0) is 29.8 Å². The minimum absolute atomic E-state index is 0.575. The average Bonchev–Trinajstić information content (AvgIpc) is 2.49. The van der Waals surface area contributed by atoms with Gasteiger partial charge in [0, 0.05) is 13.5 Å². The van der Waals surface area contributed by atoms with Crippen LogP contribution in [0, 0.1) is 0 Å². The first-order chi connectivity index (χ1) is 10.3. The Morgan fingerprint density at radius 2 is 1.76 bits per heavy atom. The molecule has 0 amide bonds. The van der Waals surface area contributed by atoms with Crippen LogP contribution in [0.25, 0.3) is 0 Å². The van der Waals surface area contributed by atoms with Crippen LogP contribution in [0.2, 0.25) is 0 Å². The van der Waals surface area contributed by atoms with E-state index >= 15 is 0 Å². The van der Waals surface area contributed by atoms with Crippen molar-refractivity contribution in [3.05, 3.63) is 54.1 Å². The van der Waals surface area contributed by atoms with Crippen LogP contribution in [0.4, 0.5) is 5.69 Å². The number of nitrogen functional groups attached to an aromatic ring is 1. The van der Waals surface area contributed by atoms with Crippen molar-refractivity contribution >= 4 is 5.69 Å². The Kier molecular flexibility index (Phi) is 5.91. The summed E-state index contributed by atoms with van der Waals surface area (Å²) < 4.78 is 16.4. The Balaban J connectivity index is 1.70. The molecule has 4 nitrogen and oxygen atoms in total. The molecule has 2 aromatic carbocycles. The molecule has 0 bridgehead atoms. The summed E-state index contributed by atoms with van der Waals surface area (Å²) >= 11 is 0. The molecule has 0 saturated heterocycles. The van der Waals surface area contributed by atoms with Crippen molar-refractivity contribution in [2.45, 2.75) is 13.0 Å². The van der Waals surface area contributed by atoms with E-state index in [4.69, 9.17) is 19.9 Å². The van der Waals surface area contributed by atoms with Gasteiger partial charge in [0.25, 0.3) is 0 Å². The smallest absolute Gasteiger partial charge is 0.142 e. The molecule has 0 unspecified atom stereocenters. The van der Waals surface area contributed by atoms with Crippen LogP contribution < -0.4 is 15.2 Å². The van der Waals surface area contributed by atoms with Crippen molar-refractivity contribution < 1.29 is 14.2 Å². The summed E-state index contributed by atoms with van der Waals surface area (Å²) in [6, 6.07) is 15.4. The van der Waals surface area contributed by atoms with Gasteiger partial charge in [0.2, 0.25) is 0 Å². The van der Waals surface area contributed by atoms with Crippen molar-refractivity contribution in [2.24, 2.45) is 0 Å². The van der Waals surface area contributed by atoms with Gasteiger partial charge in [-0.2, -0.15) is 0 Å². The molecule has 0 heterocycles. The number of rotatable bonds is 8. The Bertz CT molecular complexity index is 557. The maximum Gasteiger partial charge on any atom is 0.142 e. The van der Waals surface area contributed by atoms with Gasteiger partial charge in [0.05, 0.1) is 25.5 Å². The number of para-hydroxylation sites is 2. The maximum atomic E-state index is 5.80. The molecule has 0 aliphatic rings. The quantitative estimate of drug-likeness (QED) is 0.598. The first-order valence-electron chi connectivity index (χ1n) is 6.97. The summed E-state index contributed by atoms with van der Waals surface area (Å²) in [4.78, 5) is 0. The van der Waals surface area contributed by atoms with Gasteiger partial charge in [0.15, 0.2) is 0 Å². The third-order valence-electron chi connectivity index (χ3n) is 2.94. The Morgan fingerprint density at radius 3 is 2.57 bits per heavy atom. The van der Waals surface area contributed by atoms with Crippen molar-refractivity contribution in [3.8, 4) is 11.5 Å². The molecule has 0 aliphatic heterocycles. The minimum Gasteiger partial charge on any atom is -0.493 e. The highest BCUT2D eigenvalue weighted by Gasteiger charge is 1.99. The predicted molar refractivity (Wildman–Crippen MR) is 83.6 cm³/mol. The highest BCUT2D eigenvalue weighted by Crippen LogP contribution is 2.20. The first-order valence-corrected chi connectivity index (χ1v) is 6.97. The van der Waals surface area contributed by atoms with Crippen LogP contribution >= 0.6 is 0 Å². The monoisotopic (exact) mass is 287 g/mol. The lowest BCUT2D eigenvalue weighted by molar-refractivity contribution is 0.184. The molecule has 0 fully saturated rings. The second-order valence-electron chi connectivity index (χ2n) is 4.67. The number of benzene rings is 2. The van der Waals surface area contributed by atoms with Crippen molar-refractivity contribution in [3.63, 3.8) is 0 Å². The summed E-state index contributed by atoms with van der Waals surface area (Å²) in [5.41, 5.74) is 7.56. The lowest BCUT2D eigenvalue weighted by Crippen LogP contribution is -2.06. The van der Waals surface area contributed by atoms with Crippen LogP contribution in [0.1, 0.15) is 12.0 Å². The van der Waals surface area contributed by atoms with Gasteiger partial charge in [0.1, 0.15) is 11.5 Å². The van der Waals surface area contributed by atoms with Gasteiger partial charge in [-0.3, -0.25) is 0 Å². The first kappa shape index (κ1) is 15.2. The largest absolute Gasteiger partial charge is 0.493 e. The molecule has 112 valence electrons. The second kappa shape index (κ2) is 8.17. The molecule has 0 aromatic heterocycles. The van der Waals surface area contributed by atoms with E-state index in [1.165, 1.54) is 0 Å². The molecule has 2 aromatic rings. The Labute approximate surface area is 125 Å². The molecule has 0 atom stereocenters. The summed E-state index contributed by atoms with van der Waals surface area (Å²) in [6.45, 7) is 1.77. The second-order valence-corrected chi connectivity index (χ2v) is 4.67. The molecule has 0 aliphatic carbocycles. The molecule has 2 rings (SSSR count). The van der Waals surface area contributed by atoms with E-state index in [-0.39, 0.29) is 0 Å². The molecule has 2 N–H and O–H groups in total. The zero-order valence-electron chi connectivity index (χ0n) is 12.2. The number of nitrogens with two attached hydrogens (primary N) is 1. The van der Waals surface area contributed by atoms with Gasteiger partial charge < -0.3 is 19.9 Å². The topological polar surface area (TPSA) is 53.7 Å². The third-order valence-corrected chi connectivity index (χ3v) is 2.94. The average molecular weight is 287 g/mol. The van der Waals surface area contributed by atoms with Crippen LogP contribution in [-0.4, -0.2) is 20.3 Å². The van der Waals surface area contributed by atoms with E-state index in [1.807, 2.05) is 48.5 Å². The zero-order valence-corrected chi connectivity index (χ0v) is 12.2. The lowest BCUT2D eigenvalue weighted by Gasteiger charge is -2.10. The van der Waals surface area contributed by atoms with E-state index in [0.717, 1.165) is 23.5 Å². The normalized spacial score (nSPS) is 10.3. The van der Waals surface area contributed by atoms with Crippen molar-refractivity contribution in [2.75, 3.05) is 26.1 Å². The summed E-state index contributed by atoms with van der Waals surface area (Å²) in [6.07, 6.45) is 0.794. The van der Waals surface area contributed by atoms with E-state index in [2.05, 4.69) is 0 Å². The Morgan fingerprint density at radius 1 is 0.952 bits per heavy atom. The fourth-order valence-electron chi connectivity index (χ4n) is 1.93. The van der Waals surface area contributed by atoms with E-state index < -0.39 is 0 Å². The number of hydrogen-bond acceptors (Lipinski definition) is 4. The number of ether oxygens (including phenoxy) is 3. The van der Waals surface area contributed by atoms with Gasteiger partial charge in [-0.1, -0.05) is 24.3 Å². The molecular formula is C17H21NO3. The maximum absolute atomic E-state index is 5.80.